The summed E-state index contributed by atoms with van der Waals surface area (Å²) >= 11 is 0. The molecule has 4 saturated heterocycles. The summed E-state index contributed by atoms with van der Waals surface area (Å²) in [5.74, 6) is -4.73. The Hall–Kier alpha value is -0.720. The summed E-state index contributed by atoms with van der Waals surface area (Å²) < 4.78 is 27.5. The number of fused-ring (bicyclic) bond motifs is 1. The summed E-state index contributed by atoms with van der Waals surface area (Å²) in [5, 5.41) is 80.9. The highest BCUT2D eigenvalue weighted by molar-refractivity contribution is 5.06. The zero-order valence-electron chi connectivity index (χ0n) is 18.8. The third kappa shape index (κ3) is 4.35. The average molecular weight is 531 g/mol. The molecule has 36 heavy (non-hydrogen) atoms. The number of hydrogen-bond acceptors (Lipinski definition) is 18. The maximum atomic E-state index is 10.9. The SMILES string of the molecule is N[C@H]1[C@@H](OC2[C@@H](CO)O[C@@H](OC3[C@@H](CO)O[C@@H](O)[C@H](N)[C@H]3O)[C@H](N)[C@H]2O)O[C@]2(CO)OO[C@@]2(O)[C@@H]1O. The smallest absolute Gasteiger partial charge is 0.287 e. The van der Waals surface area contributed by atoms with Crippen molar-refractivity contribution in [1.29, 1.82) is 0 Å². The van der Waals surface area contributed by atoms with Crippen LogP contribution in [0.2, 0.25) is 0 Å². The van der Waals surface area contributed by atoms with Gasteiger partial charge in [0.1, 0.15) is 49.3 Å². The van der Waals surface area contributed by atoms with Crippen LogP contribution in [0.4, 0.5) is 0 Å². The third-order valence-electron chi connectivity index (χ3n) is 6.85. The maximum absolute atomic E-state index is 10.9. The van der Waals surface area contributed by atoms with E-state index in [0.29, 0.717) is 0 Å². The topological polar surface area (TPSA) is 305 Å². The van der Waals surface area contributed by atoms with Gasteiger partial charge in [-0.1, -0.05) is 0 Å². The molecule has 210 valence electrons. The summed E-state index contributed by atoms with van der Waals surface area (Å²) in [6, 6.07) is -4.16. The second-order valence-electron chi connectivity index (χ2n) is 9.09. The van der Waals surface area contributed by atoms with Crippen molar-refractivity contribution in [2.45, 2.75) is 91.3 Å². The third-order valence-corrected chi connectivity index (χ3v) is 6.85. The molecule has 15 atom stereocenters. The maximum Gasteiger partial charge on any atom is 0.287 e. The van der Waals surface area contributed by atoms with Crippen LogP contribution in [0.25, 0.3) is 0 Å². The summed E-state index contributed by atoms with van der Waals surface area (Å²) in [6.07, 6.45) is -15.0. The Morgan fingerprint density at radius 2 is 1.28 bits per heavy atom. The fourth-order valence-corrected chi connectivity index (χ4v) is 4.53. The minimum Gasteiger partial charge on any atom is -0.394 e. The molecule has 0 spiro atoms. The first-order valence-electron chi connectivity index (χ1n) is 11.1. The number of rotatable bonds is 7. The molecule has 18 heteroatoms. The van der Waals surface area contributed by atoms with Crippen molar-refractivity contribution in [2.75, 3.05) is 19.8 Å². The standard InChI is InChI=1S/C18H33N3O15/c19-6-9(25)11(4(1-22)30-14(6)28)32-15-7(20)10(26)12(5(2-23)31-15)33-16-8(21)13(27)18(29)17(3-24,34-16)35-36-18/h4-16,22-29H,1-3,19-21H2/t4-,5-,6-,7-,8-,9-,10-,11?,12?,13-,14-,15+,16+,17-,18+/m1/s1. The highest BCUT2D eigenvalue weighted by Crippen LogP contribution is 2.48. The van der Waals surface area contributed by atoms with Crippen LogP contribution in [0.5, 0.6) is 0 Å². The van der Waals surface area contributed by atoms with Crippen LogP contribution in [0.15, 0.2) is 0 Å². The predicted molar refractivity (Wildman–Crippen MR) is 107 cm³/mol. The molecule has 0 bridgehead atoms. The van der Waals surface area contributed by atoms with Gasteiger partial charge in [-0.3, -0.25) is 0 Å². The van der Waals surface area contributed by atoms with Gasteiger partial charge in [-0.25, -0.2) is 0 Å². The average Bonchev–Trinajstić information content (AvgIpc) is 2.87. The van der Waals surface area contributed by atoms with Crippen molar-refractivity contribution in [3.8, 4) is 0 Å². The van der Waals surface area contributed by atoms with Crippen molar-refractivity contribution in [3.63, 3.8) is 0 Å². The zero-order chi connectivity index (χ0) is 26.6. The number of hydrogen-bond donors (Lipinski definition) is 11. The van der Waals surface area contributed by atoms with Crippen molar-refractivity contribution in [3.05, 3.63) is 0 Å². The van der Waals surface area contributed by atoms with Crippen LogP contribution in [-0.2, 0) is 33.5 Å². The van der Waals surface area contributed by atoms with Gasteiger partial charge in [0, 0.05) is 0 Å². The first-order chi connectivity index (χ1) is 16.9. The van der Waals surface area contributed by atoms with Gasteiger partial charge in [0.25, 0.3) is 11.6 Å². The van der Waals surface area contributed by atoms with Gasteiger partial charge in [0.2, 0.25) is 0 Å². The van der Waals surface area contributed by atoms with Crippen LogP contribution < -0.4 is 17.2 Å². The van der Waals surface area contributed by atoms with Crippen molar-refractivity contribution < 1.29 is 74.3 Å². The molecule has 4 heterocycles. The molecule has 18 nitrogen and oxygen atoms in total. The lowest BCUT2D eigenvalue weighted by Crippen LogP contribution is -2.83. The quantitative estimate of drug-likeness (QED) is 0.136. The molecule has 0 aromatic carbocycles. The molecule has 0 saturated carbocycles. The molecular formula is C18H33N3O15. The second-order valence-corrected chi connectivity index (χ2v) is 9.09. The Labute approximate surface area is 203 Å². The Bertz CT molecular complexity index is 763. The van der Waals surface area contributed by atoms with E-state index in [1.54, 1.807) is 0 Å². The normalized spacial score (nSPS) is 55.6. The molecule has 4 rings (SSSR count). The van der Waals surface area contributed by atoms with E-state index in [2.05, 4.69) is 9.78 Å². The van der Waals surface area contributed by atoms with Gasteiger partial charge in [-0.15, -0.1) is 0 Å². The molecule has 2 unspecified atom stereocenters. The van der Waals surface area contributed by atoms with E-state index in [1.165, 1.54) is 0 Å². The number of nitrogens with two attached hydrogens (primary N) is 3. The van der Waals surface area contributed by atoms with Crippen LogP contribution >= 0.6 is 0 Å². The molecule has 0 aliphatic carbocycles. The van der Waals surface area contributed by atoms with Gasteiger partial charge in [0.05, 0.1) is 31.3 Å². The molecule has 0 aromatic rings. The fraction of sp³-hybridized carbons (Fsp3) is 1.00. The summed E-state index contributed by atoms with van der Waals surface area (Å²) in [5.41, 5.74) is 17.7. The largest absolute Gasteiger partial charge is 0.394 e. The number of ether oxygens (including phenoxy) is 5. The van der Waals surface area contributed by atoms with Gasteiger partial charge >= 0.3 is 0 Å². The first-order valence-corrected chi connectivity index (χ1v) is 11.1. The van der Waals surface area contributed by atoms with E-state index in [-0.39, 0.29) is 0 Å². The van der Waals surface area contributed by atoms with E-state index in [4.69, 9.17) is 40.9 Å². The van der Waals surface area contributed by atoms with E-state index < -0.39 is 111 Å². The van der Waals surface area contributed by atoms with Crippen molar-refractivity contribution in [2.24, 2.45) is 17.2 Å². The van der Waals surface area contributed by atoms with Crippen molar-refractivity contribution in [1.82, 2.24) is 0 Å². The molecule has 0 radical (unpaired) electrons. The Morgan fingerprint density at radius 3 is 1.81 bits per heavy atom. The minimum atomic E-state index is -2.49. The molecule has 14 N–H and O–H groups in total. The molecule has 0 aromatic heterocycles. The van der Waals surface area contributed by atoms with Crippen LogP contribution in [0, 0.1) is 0 Å². The Kier molecular flexibility index (Phi) is 8.21. The number of aliphatic hydroxyl groups excluding tert-OH is 7. The lowest BCUT2D eigenvalue weighted by Gasteiger charge is -2.58. The molecule has 0 amide bonds. The van der Waals surface area contributed by atoms with Crippen LogP contribution in [0.3, 0.4) is 0 Å². The monoisotopic (exact) mass is 531 g/mol. The molecule has 4 fully saturated rings. The van der Waals surface area contributed by atoms with Gasteiger partial charge < -0.3 is 81.7 Å². The summed E-state index contributed by atoms with van der Waals surface area (Å²) in [6.45, 7) is -2.39. The second kappa shape index (κ2) is 10.4. The first kappa shape index (κ1) is 28.3. The predicted octanol–water partition coefficient (Wildman–Crippen LogP) is -8.06. The Morgan fingerprint density at radius 1 is 0.722 bits per heavy atom. The zero-order valence-corrected chi connectivity index (χ0v) is 18.8. The highest BCUT2D eigenvalue weighted by Gasteiger charge is 2.75. The molecule has 4 aliphatic heterocycles. The number of aliphatic hydroxyl groups is 8. The highest BCUT2D eigenvalue weighted by atomic mass is 17.3. The Balaban J connectivity index is 1.47. The van der Waals surface area contributed by atoms with E-state index >= 15 is 0 Å². The minimum absolute atomic E-state index is 0.671. The van der Waals surface area contributed by atoms with Gasteiger partial charge in [0.15, 0.2) is 18.9 Å². The summed E-state index contributed by atoms with van der Waals surface area (Å²) in [4.78, 5) is 9.18. The molecule has 4 aliphatic rings. The van der Waals surface area contributed by atoms with Crippen LogP contribution in [-0.4, -0.2) is 152 Å². The molecular weight excluding hydrogens is 498 g/mol. The van der Waals surface area contributed by atoms with Crippen LogP contribution in [0.1, 0.15) is 0 Å². The fourth-order valence-electron chi connectivity index (χ4n) is 4.53. The van der Waals surface area contributed by atoms with E-state index in [9.17, 15) is 40.9 Å². The van der Waals surface area contributed by atoms with Gasteiger partial charge in [-0.05, 0) is 0 Å². The van der Waals surface area contributed by atoms with Crippen molar-refractivity contribution >= 4 is 0 Å². The van der Waals surface area contributed by atoms with Gasteiger partial charge in [-0.2, -0.15) is 9.78 Å². The lowest BCUT2D eigenvalue weighted by molar-refractivity contribution is -0.690. The van der Waals surface area contributed by atoms with E-state index in [1.807, 2.05) is 0 Å². The lowest BCUT2D eigenvalue weighted by atomic mass is 9.89. The summed E-state index contributed by atoms with van der Waals surface area (Å²) in [7, 11) is 0. The van der Waals surface area contributed by atoms with E-state index in [0.717, 1.165) is 0 Å².